The first-order valence-corrected chi connectivity index (χ1v) is 7.71. The zero-order valence-electron chi connectivity index (χ0n) is 12.4. The van der Waals surface area contributed by atoms with Gasteiger partial charge in [-0.25, -0.2) is 0 Å². The van der Waals surface area contributed by atoms with Gasteiger partial charge in [0.25, 0.3) is 0 Å². The lowest BCUT2D eigenvalue weighted by atomic mass is 10.2. The van der Waals surface area contributed by atoms with E-state index in [1.165, 1.54) is 11.1 Å². The van der Waals surface area contributed by atoms with Gasteiger partial charge in [-0.2, -0.15) is 0 Å². The highest BCUT2D eigenvalue weighted by molar-refractivity contribution is 9.10. The minimum Gasteiger partial charge on any atom is -0.456 e. The standard InChI is InChI=1S/C17H20BrNO2/c1-13-4-3-5-15(10-13)21-17-7-6-14(11-16(17)18)12-19-8-9-20-2/h3-7,10-11,19H,8-9,12H2,1-2H3. The van der Waals surface area contributed by atoms with Crippen molar-refractivity contribution < 1.29 is 9.47 Å². The number of hydrogen-bond donors (Lipinski definition) is 1. The zero-order valence-corrected chi connectivity index (χ0v) is 13.9. The molecule has 2 aromatic rings. The van der Waals surface area contributed by atoms with Crippen molar-refractivity contribution in [1.29, 1.82) is 0 Å². The van der Waals surface area contributed by atoms with Crippen LogP contribution in [0.1, 0.15) is 11.1 Å². The Morgan fingerprint density at radius 2 is 2.00 bits per heavy atom. The molecule has 0 aromatic heterocycles. The van der Waals surface area contributed by atoms with Gasteiger partial charge in [0, 0.05) is 20.2 Å². The molecule has 2 rings (SSSR count). The quantitative estimate of drug-likeness (QED) is 0.756. The summed E-state index contributed by atoms with van der Waals surface area (Å²) in [4.78, 5) is 0. The summed E-state index contributed by atoms with van der Waals surface area (Å²) < 4.78 is 11.9. The third-order valence-corrected chi connectivity index (χ3v) is 3.65. The molecule has 0 radical (unpaired) electrons. The molecule has 1 N–H and O–H groups in total. The Balaban J connectivity index is 1.98. The lowest BCUT2D eigenvalue weighted by molar-refractivity contribution is 0.199. The molecule has 112 valence electrons. The summed E-state index contributed by atoms with van der Waals surface area (Å²) in [6, 6.07) is 14.1. The third kappa shape index (κ3) is 5.16. The Kier molecular flexibility index (Phi) is 6.23. The van der Waals surface area contributed by atoms with Crippen LogP contribution < -0.4 is 10.1 Å². The van der Waals surface area contributed by atoms with E-state index in [4.69, 9.17) is 9.47 Å². The number of methoxy groups -OCH3 is 1. The number of nitrogens with one attached hydrogen (secondary N) is 1. The monoisotopic (exact) mass is 349 g/mol. The fourth-order valence-electron chi connectivity index (χ4n) is 1.95. The van der Waals surface area contributed by atoms with Gasteiger partial charge in [-0.05, 0) is 58.2 Å². The molecular formula is C17H20BrNO2. The second-order valence-electron chi connectivity index (χ2n) is 4.85. The second-order valence-corrected chi connectivity index (χ2v) is 5.71. The van der Waals surface area contributed by atoms with Gasteiger partial charge < -0.3 is 14.8 Å². The van der Waals surface area contributed by atoms with E-state index >= 15 is 0 Å². The van der Waals surface area contributed by atoms with Crippen LogP contribution in [-0.4, -0.2) is 20.3 Å². The molecule has 0 aliphatic carbocycles. The minimum absolute atomic E-state index is 0.718. The lowest BCUT2D eigenvalue weighted by Gasteiger charge is -2.10. The van der Waals surface area contributed by atoms with Crippen molar-refractivity contribution in [3.63, 3.8) is 0 Å². The number of halogens is 1. The molecule has 0 bridgehead atoms. The van der Waals surface area contributed by atoms with Crippen molar-refractivity contribution in [2.45, 2.75) is 13.5 Å². The summed E-state index contributed by atoms with van der Waals surface area (Å²) in [7, 11) is 1.70. The minimum atomic E-state index is 0.718. The van der Waals surface area contributed by atoms with E-state index in [-0.39, 0.29) is 0 Å². The van der Waals surface area contributed by atoms with E-state index < -0.39 is 0 Å². The average Bonchev–Trinajstić information content (AvgIpc) is 2.46. The molecule has 0 heterocycles. The Bertz CT molecular complexity index is 587. The summed E-state index contributed by atoms with van der Waals surface area (Å²) >= 11 is 3.57. The Hall–Kier alpha value is -1.36. The third-order valence-electron chi connectivity index (χ3n) is 3.03. The first-order valence-electron chi connectivity index (χ1n) is 6.91. The van der Waals surface area contributed by atoms with E-state index in [1.807, 2.05) is 24.3 Å². The van der Waals surface area contributed by atoms with Gasteiger partial charge in [0.15, 0.2) is 0 Å². The lowest BCUT2D eigenvalue weighted by Crippen LogP contribution is -2.18. The number of aryl methyl sites for hydroxylation is 1. The molecule has 0 unspecified atom stereocenters. The maximum Gasteiger partial charge on any atom is 0.141 e. The zero-order chi connectivity index (χ0) is 15.1. The van der Waals surface area contributed by atoms with Crippen molar-refractivity contribution in [1.82, 2.24) is 5.32 Å². The van der Waals surface area contributed by atoms with E-state index in [2.05, 4.69) is 46.4 Å². The van der Waals surface area contributed by atoms with Gasteiger partial charge in [-0.15, -0.1) is 0 Å². The van der Waals surface area contributed by atoms with Crippen molar-refractivity contribution in [2.75, 3.05) is 20.3 Å². The van der Waals surface area contributed by atoms with Crippen LogP contribution in [0, 0.1) is 6.92 Å². The molecule has 0 spiro atoms. The summed E-state index contributed by atoms with van der Waals surface area (Å²) in [6.45, 7) is 4.43. The van der Waals surface area contributed by atoms with Crippen molar-refractivity contribution >= 4 is 15.9 Å². The molecule has 3 nitrogen and oxygen atoms in total. The van der Waals surface area contributed by atoms with Gasteiger partial charge in [0.05, 0.1) is 11.1 Å². The van der Waals surface area contributed by atoms with Gasteiger partial charge in [0.1, 0.15) is 11.5 Å². The maximum absolute atomic E-state index is 5.90. The largest absolute Gasteiger partial charge is 0.456 e. The van der Waals surface area contributed by atoms with E-state index in [0.717, 1.165) is 35.7 Å². The first-order chi connectivity index (χ1) is 10.2. The molecule has 0 saturated carbocycles. The van der Waals surface area contributed by atoms with Crippen molar-refractivity contribution in [2.24, 2.45) is 0 Å². The summed E-state index contributed by atoms with van der Waals surface area (Å²) in [6.07, 6.45) is 0. The van der Waals surface area contributed by atoms with Crippen LogP contribution in [0.25, 0.3) is 0 Å². The molecular weight excluding hydrogens is 330 g/mol. The van der Waals surface area contributed by atoms with Crippen molar-refractivity contribution in [3.05, 3.63) is 58.1 Å². The number of hydrogen-bond acceptors (Lipinski definition) is 3. The molecule has 0 aliphatic rings. The highest BCUT2D eigenvalue weighted by atomic mass is 79.9. The molecule has 0 fully saturated rings. The van der Waals surface area contributed by atoms with E-state index in [9.17, 15) is 0 Å². The van der Waals surface area contributed by atoms with Crippen molar-refractivity contribution in [3.8, 4) is 11.5 Å². The van der Waals surface area contributed by atoms with Crippen LogP contribution in [0.3, 0.4) is 0 Å². The molecule has 0 saturated heterocycles. The van der Waals surface area contributed by atoms with Crippen LogP contribution in [0.2, 0.25) is 0 Å². The fraction of sp³-hybridized carbons (Fsp3) is 0.294. The predicted octanol–water partition coefficient (Wildman–Crippen LogP) is 4.29. The second kappa shape index (κ2) is 8.17. The molecule has 0 atom stereocenters. The van der Waals surface area contributed by atoms with Crippen LogP contribution in [0.15, 0.2) is 46.9 Å². The molecule has 21 heavy (non-hydrogen) atoms. The number of ether oxygens (including phenoxy) is 2. The SMILES string of the molecule is COCCNCc1ccc(Oc2cccc(C)c2)c(Br)c1. The summed E-state index contributed by atoms with van der Waals surface area (Å²) in [5.74, 6) is 1.67. The van der Waals surface area contributed by atoms with Crippen LogP contribution >= 0.6 is 15.9 Å². The van der Waals surface area contributed by atoms with Gasteiger partial charge >= 0.3 is 0 Å². The van der Waals surface area contributed by atoms with Crippen LogP contribution in [0.4, 0.5) is 0 Å². The molecule has 4 heteroatoms. The van der Waals surface area contributed by atoms with Gasteiger partial charge in [-0.1, -0.05) is 18.2 Å². The molecule has 0 aliphatic heterocycles. The van der Waals surface area contributed by atoms with Crippen LogP contribution in [0.5, 0.6) is 11.5 Å². The summed E-state index contributed by atoms with van der Waals surface area (Å²) in [5.41, 5.74) is 2.39. The molecule has 0 amide bonds. The van der Waals surface area contributed by atoms with Gasteiger partial charge in [0.2, 0.25) is 0 Å². The van der Waals surface area contributed by atoms with E-state index in [0.29, 0.717) is 0 Å². The number of rotatable bonds is 7. The average molecular weight is 350 g/mol. The topological polar surface area (TPSA) is 30.5 Å². The van der Waals surface area contributed by atoms with Gasteiger partial charge in [-0.3, -0.25) is 0 Å². The fourth-order valence-corrected chi connectivity index (χ4v) is 2.46. The number of benzene rings is 2. The predicted molar refractivity (Wildman–Crippen MR) is 89.0 cm³/mol. The summed E-state index contributed by atoms with van der Waals surface area (Å²) in [5, 5.41) is 3.32. The highest BCUT2D eigenvalue weighted by Crippen LogP contribution is 2.30. The maximum atomic E-state index is 5.90. The Morgan fingerprint density at radius 3 is 2.71 bits per heavy atom. The smallest absolute Gasteiger partial charge is 0.141 e. The Labute approximate surface area is 134 Å². The highest BCUT2D eigenvalue weighted by Gasteiger charge is 2.04. The van der Waals surface area contributed by atoms with E-state index in [1.54, 1.807) is 7.11 Å². The van der Waals surface area contributed by atoms with Crippen LogP contribution in [-0.2, 0) is 11.3 Å². The Morgan fingerprint density at radius 1 is 1.14 bits per heavy atom. The first kappa shape index (κ1) is 16.0. The normalized spacial score (nSPS) is 10.6. The molecule has 2 aromatic carbocycles.